The zero-order valence-corrected chi connectivity index (χ0v) is 18.3. The molecule has 2 unspecified atom stereocenters. The van der Waals surface area contributed by atoms with Gasteiger partial charge < -0.3 is 14.8 Å². The molecule has 0 rings (SSSR count). The molecule has 5 nitrogen and oxygen atoms in total. The summed E-state index contributed by atoms with van der Waals surface area (Å²) in [6.45, 7) is 11.9. The fraction of sp³-hybridized carbons (Fsp3) is 0.900. The molecule has 0 fully saturated rings. The highest BCUT2D eigenvalue weighted by atomic mass is 32.1. The Morgan fingerprint density at radius 3 is 2.08 bits per heavy atom. The molecule has 2 atom stereocenters. The molecule has 0 aromatic rings. The fourth-order valence-corrected chi connectivity index (χ4v) is 2.68. The average molecular weight is 390 g/mol. The summed E-state index contributed by atoms with van der Waals surface area (Å²) in [6.07, 6.45) is 6.04. The summed E-state index contributed by atoms with van der Waals surface area (Å²) in [6, 6.07) is 0. The van der Waals surface area contributed by atoms with Crippen LogP contribution in [0.3, 0.4) is 0 Å². The first kappa shape index (κ1) is 25.4. The lowest BCUT2D eigenvalue weighted by molar-refractivity contribution is -0.121. The number of thiol groups is 1. The van der Waals surface area contributed by atoms with Gasteiger partial charge in [-0.3, -0.25) is 9.59 Å². The zero-order chi connectivity index (χ0) is 20.1. The van der Waals surface area contributed by atoms with E-state index in [4.69, 9.17) is 9.47 Å². The summed E-state index contributed by atoms with van der Waals surface area (Å²) in [4.78, 5) is 22.2. The molecule has 154 valence electrons. The first-order valence-electron chi connectivity index (χ1n) is 9.85. The van der Waals surface area contributed by atoms with Crippen LogP contribution in [0, 0.1) is 0 Å². The molecular weight excluding hydrogens is 350 g/mol. The van der Waals surface area contributed by atoms with Crippen molar-refractivity contribution in [2.45, 2.75) is 90.8 Å². The molecule has 0 aliphatic carbocycles. The van der Waals surface area contributed by atoms with E-state index in [-0.39, 0.29) is 28.6 Å². The number of amides is 1. The van der Waals surface area contributed by atoms with Crippen LogP contribution >= 0.6 is 12.6 Å². The van der Waals surface area contributed by atoms with Gasteiger partial charge in [0.25, 0.3) is 0 Å². The highest BCUT2D eigenvalue weighted by Crippen LogP contribution is 2.26. The van der Waals surface area contributed by atoms with E-state index in [0.717, 1.165) is 38.5 Å². The number of nitrogens with one attached hydrogen (secondary N) is 1. The Balaban J connectivity index is 4.18. The molecular formula is C20H39NO4S. The molecule has 0 bridgehead atoms. The first-order chi connectivity index (χ1) is 12.2. The largest absolute Gasteiger partial charge is 0.375 e. The lowest BCUT2D eigenvalue weighted by atomic mass is 9.95. The van der Waals surface area contributed by atoms with Gasteiger partial charge >= 0.3 is 0 Å². The van der Waals surface area contributed by atoms with Crippen molar-refractivity contribution in [1.82, 2.24) is 5.32 Å². The fourth-order valence-electron chi connectivity index (χ4n) is 2.56. The van der Waals surface area contributed by atoms with Crippen molar-refractivity contribution >= 4 is 24.3 Å². The summed E-state index contributed by atoms with van der Waals surface area (Å²) < 4.78 is 12.1. The first-order valence-corrected chi connectivity index (χ1v) is 10.5. The van der Waals surface area contributed by atoms with Crippen molar-refractivity contribution in [3.05, 3.63) is 0 Å². The normalized spacial score (nSPS) is 15.9. The van der Waals surface area contributed by atoms with E-state index >= 15 is 0 Å². The maximum absolute atomic E-state index is 11.2. The van der Waals surface area contributed by atoms with Crippen LogP contribution in [0.2, 0.25) is 0 Å². The molecule has 1 N–H and O–H groups in total. The number of ketones is 1. The Morgan fingerprint density at radius 2 is 1.54 bits per heavy atom. The van der Waals surface area contributed by atoms with Crippen molar-refractivity contribution in [3.8, 4) is 0 Å². The zero-order valence-electron chi connectivity index (χ0n) is 17.4. The highest BCUT2D eigenvalue weighted by molar-refractivity contribution is 7.81. The lowest BCUT2D eigenvalue weighted by Crippen LogP contribution is -2.34. The minimum absolute atomic E-state index is 0.0218. The maximum Gasteiger partial charge on any atom is 0.229 e. The topological polar surface area (TPSA) is 64.6 Å². The van der Waals surface area contributed by atoms with Crippen LogP contribution < -0.4 is 5.32 Å². The molecule has 0 aromatic carbocycles. The minimum Gasteiger partial charge on any atom is -0.375 e. The monoisotopic (exact) mass is 389 g/mol. The van der Waals surface area contributed by atoms with E-state index in [1.807, 2.05) is 0 Å². The van der Waals surface area contributed by atoms with Gasteiger partial charge in [0, 0.05) is 13.0 Å². The quantitative estimate of drug-likeness (QED) is 0.310. The van der Waals surface area contributed by atoms with E-state index in [1.54, 1.807) is 6.92 Å². The van der Waals surface area contributed by atoms with Gasteiger partial charge in [0.2, 0.25) is 5.91 Å². The van der Waals surface area contributed by atoms with E-state index in [0.29, 0.717) is 26.2 Å². The van der Waals surface area contributed by atoms with Crippen LogP contribution in [-0.4, -0.2) is 48.4 Å². The predicted molar refractivity (Wildman–Crippen MR) is 110 cm³/mol. The molecule has 0 radical (unpaired) electrons. The third-order valence-corrected chi connectivity index (χ3v) is 5.37. The third-order valence-electron chi connectivity index (χ3n) is 5.08. The number of rotatable bonds is 16. The predicted octanol–water partition coefficient (Wildman–Crippen LogP) is 3.94. The van der Waals surface area contributed by atoms with Gasteiger partial charge in [0.15, 0.2) is 0 Å². The van der Waals surface area contributed by atoms with Crippen molar-refractivity contribution < 1.29 is 19.1 Å². The smallest absolute Gasteiger partial charge is 0.229 e. The Bertz CT molecular complexity index is 419. The van der Waals surface area contributed by atoms with Gasteiger partial charge in [-0.25, -0.2) is 0 Å². The van der Waals surface area contributed by atoms with Gasteiger partial charge in [-0.05, 0) is 59.3 Å². The van der Waals surface area contributed by atoms with E-state index in [9.17, 15) is 9.59 Å². The number of ether oxygens (including phenoxy) is 2. The second-order valence-electron chi connectivity index (χ2n) is 7.47. The minimum atomic E-state index is -0.249. The second kappa shape index (κ2) is 13.6. The van der Waals surface area contributed by atoms with Crippen LogP contribution in [0.15, 0.2) is 0 Å². The SMILES string of the molecule is CCC(C)(CCCCNC(=O)CS)OCCC(C)(CC)OCCC(C)=O. The van der Waals surface area contributed by atoms with E-state index in [2.05, 4.69) is 45.6 Å². The molecule has 1 amide bonds. The van der Waals surface area contributed by atoms with Crippen LogP contribution in [0.5, 0.6) is 0 Å². The Morgan fingerprint density at radius 1 is 0.962 bits per heavy atom. The molecule has 0 spiro atoms. The Labute approximate surface area is 165 Å². The lowest BCUT2D eigenvalue weighted by Gasteiger charge is -2.33. The number of hydrogen-bond acceptors (Lipinski definition) is 5. The number of carbonyl (C=O) groups is 2. The van der Waals surface area contributed by atoms with Crippen LogP contribution in [0.25, 0.3) is 0 Å². The number of unbranched alkanes of at least 4 members (excludes halogenated alkanes) is 1. The highest BCUT2D eigenvalue weighted by Gasteiger charge is 2.26. The standard InChI is InChI=1S/C20H39NO4S/c1-6-19(4,11-8-9-13-21-18(23)16-26)25-15-12-20(5,7-2)24-14-10-17(3)22/h26H,6-16H2,1-5H3,(H,21,23). The van der Waals surface area contributed by atoms with E-state index in [1.165, 1.54) is 0 Å². The molecule has 6 heteroatoms. The van der Waals surface area contributed by atoms with Crippen molar-refractivity contribution in [3.63, 3.8) is 0 Å². The Kier molecular flexibility index (Phi) is 13.3. The molecule has 0 saturated carbocycles. The maximum atomic E-state index is 11.2. The summed E-state index contributed by atoms with van der Waals surface area (Å²) in [7, 11) is 0. The van der Waals surface area contributed by atoms with Gasteiger partial charge in [-0.1, -0.05) is 13.8 Å². The van der Waals surface area contributed by atoms with Gasteiger partial charge in [0.05, 0.1) is 30.2 Å². The molecule has 0 aromatic heterocycles. The average Bonchev–Trinajstić information content (AvgIpc) is 2.60. The van der Waals surface area contributed by atoms with Crippen molar-refractivity contribution in [2.24, 2.45) is 0 Å². The molecule has 0 aliphatic rings. The third kappa shape index (κ3) is 11.9. The van der Waals surface area contributed by atoms with Gasteiger partial charge in [-0.15, -0.1) is 0 Å². The summed E-state index contributed by atoms with van der Waals surface area (Å²) in [5.41, 5.74) is -0.400. The van der Waals surface area contributed by atoms with Gasteiger partial charge in [-0.2, -0.15) is 12.6 Å². The van der Waals surface area contributed by atoms with E-state index < -0.39 is 0 Å². The summed E-state index contributed by atoms with van der Waals surface area (Å²) in [5, 5.41) is 2.84. The second-order valence-corrected chi connectivity index (χ2v) is 7.79. The number of Topliss-reactive ketones (excluding diaryl/α,β-unsaturated/α-hetero) is 1. The van der Waals surface area contributed by atoms with Crippen LogP contribution in [0.1, 0.15) is 79.6 Å². The Hall–Kier alpha value is -0.590. The van der Waals surface area contributed by atoms with Crippen LogP contribution in [-0.2, 0) is 19.1 Å². The molecule has 26 heavy (non-hydrogen) atoms. The number of hydrogen-bond donors (Lipinski definition) is 2. The van der Waals surface area contributed by atoms with Gasteiger partial charge in [0.1, 0.15) is 5.78 Å². The molecule has 0 aliphatic heterocycles. The summed E-state index contributed by atoms with van der Waals surface area (Å²) in [5.74, 6) is 0.371. The summed E-state index contributed by atoms with van der Waals surface area (Å²) >= 11 is 3.94. The molecule has 0 saturated heterocycles. The van der Waals surface area contributed by atoms with Crippen LogP contribution in [0.4, 0.5) is 0 Å². The number of carbonyl (C=O) groups excluding carboxylic acids is 2. The van der Waals surface area contributed by atoms with Crippen molar-refractivity contribution in [1.29, 1.82) is 0 Å². The van der Waals surface area contributed by atoms with Crippen molar-refractivity contribution in [2.75, 3.05) is 25.5 Å². The molecule has 0 heterocycles.